The van der Waals surface area contributed by atoms with E-state index in [4.69, 9.17) is 4.74 Å². The van der Waals surface area contributed by atoms with Crippen LogP contribution in [-0.2, 0) is 6.42 Å². The molecule has 0 bridgehead atoms. The molecule has 0 saturated heterocycles. The number of rotatable bonds is 5. The minimum atomic E-state index is 0.287. The smallest absolute Gasteiger partial charge is 0.122 e. The van der Waals surface area contributed by atoms with Crippen molar-refractivity contribution in [1.29, 1.82) is 0 Å². The third-order valence-corrected chi connectivity index (χ3v) is 3.97. The number of aromatic hydroxyl groups is 1. The van der Waals surface area contributed by atoms with Crippen LogP contribution in [0.1, 0.15) is 49.3 Å². The minimum absolute atomic E-state index is 0.287. The van der Waals surface area contributed by atoms with E-state index in [0.29, 0.717) is 11.7 Å². The fraction of sp³-hybridized carbons (Fsp3) is 0.368. The van der Waals surface area contributed by atoms with E-state index < -0.39 is 0 Å². The van der Waals surface area contributed by atoms with Crippen LogP contribution < -0.4 is 4.74 Å². The van der Waals surface area contributed by atoms with Crippen molar-refractivity contribution in [3.05, 3.63) is 59.2 Å². The first-order valence-corrected chi connectivity index (χ1v) is 7.48. The van der Waals surface area contributed by atoms with Crippen molar-refractivity contribution in [2.45, 2.75) is 39.0 Å². The number of phenolic OH excluding ortho intramolecular Hbond substituents is 1. The van der Waals surface area contributed by atoms with Gasteiger partial charge in [0.25, 0.3) is 0 Å². The zero-order valence-corrected chi connectivity index (χ0v) is 13.3. The van der Waals surface area contributed by atoms with E-state index in [1.54, 1.807) is 7.11 Å². The van der Waals surface area contributed by atoms with Crippen LogP contribution >= 0.6 is 0 Å². The van der Waals surface area contributed by atoms with Crippen molar-refractivity contribution in [2.24, 2.45) is 0 Å². The summed E-state index contributed by atoms with van der Waals surface area (Å²) in [7, 11) is 1.70. The van der Waals surface area contributed by atoms with E-state index in [-0.39, 0.29) is 5.92 Å². The molecule has 2 heteroatoms. The van der Waals surface area contributed by atoms with Gasteiger partial charge in [-0.1, -0.05) is 57.2 Å². The Bertz CT molecular complexity index is 602. The lowest BCUT2D eigenvalue weighted by Crippen LogP contribution is -2.02. The zero-order valence-electron chi connectivity index (χ0n) is 13.3. The molecule has 2 aromatic carbocycles. The SMILES string of the molecule is COc1ccccc1C(C)Cc1cccc(C(C)C)c1O. The Morgan fingerprint density at radius 3 is 2.29 bits per heavy atom. The summed E-state index contributed by atoms with van der Waals surface area (Å²) < 4.78 is 5.43. The summed E-state index contributed by atoms with van der Waals surface area (Å²) in [5.74, 6) is 1.96. The maximum absolute atomic E-state index is 10.5. The van der Waals surface area contributed by atoms with E-state index in [1.807, 2.05) is 36.4 Å². The third-order valence-electron chi connectivity index (χ3n) is 3.97. The molecule has 0 saturated carbocycles. The Morgan fingerprint density at radius 1 is 0.952 bits per heavy atom. The van der Waals surface area contributed by atoms with Crippen molar-refractivity contribution >= 4 is 0 Å². The van der Waals surface area contributed by atoms with Gasteiger partial charge in [-0.05, 0) is 41.0 Å². The number of ether oxygens (including phenoxy) is 1. The van der Waals surface area contributed by atoms with Crippen molar-refractivity contribution in [3.63, 3.8) is 0 Å². The molecule has 0 aliphatic carbocycles. The van der Waals surface area contributed by atoms with Crippen LogP contribution in [0.2, 0.25) is 0 Å². The minimum Gasteiger partial charge on any atom is -0.507 e. The van der Waals surface area contributed by atoms with Gasteiger partial charge in [0.2, 0.25) is 0 Å². The van der Waals surface area contributed by atoms with Gasteiger partial charge >= 0.3 is 0 Å². The second kappa shape index (κ2) is 6.66. The molecule has 0 amide bonds. The first-order chi connectivity index (χ1) is 10.0. The molecule has 1 atom stereocenters. The predicted molar refractivity (Wildman–Crippen MR) is 87.3 cm³/mol. The van der Waals surface area contributed by atoms with Gasteiger partial charge in [0.1, 0.15) is 11.5 Å². The van der Waals surface area contributed by atoms with Crippen LogP contribution in [0.5, 0.6) is 11.5 Å². The third kappa shape index (κ3) is 3.38. The molecule has 1 unspecified atom stereocenters. The highest BCUT2D eigenvalue weighted by Crippen LogP contribution is 2.34. The van der Waals surface area contributed by atoms with E-state index in [0.717, 1.165) is 23.3 Å². The number of phenols is 1. The van der Waals surface area contributed by atoms with Crippen LogP contribution in [0.4, 0.5) is 0 Å². The molecule has 0 radical (unpaired) electrons. The quantitative estimate of drug-likeness (QED) is 0.848. The fourth-order valence-electron chi connectivity index (χ4n) is 2.76. The molecular weight excluding hydrogens is 260 g/mol. The molecule has 1 N–H and O–H groups in total. The maximum Gasteiger partial charge on any atom is 0.122 e. The lowest BCUT2D eigenvalue weighted by Gasteiger charge is -2.18. The van der Waals surface area contributed by atoms with Crippen LogP contribution in [0.25, 0.3) is 0 Å². The zero-order chi connectivity index (χ0) is 15.4. The molecule has 0 spiro atoms. The van der Waals surface area contributed by atoms with Crippen molar-refractivity contribution in [1.82, 2.24) is 0 Å². The molecule has 0 aliphatic heterocycles. The van der Waals surface area contributed by atoms with Crippen molar-refractivity contribution in [2.75, 3.05) is 7.11 Å². The summed E-state index contributed by atoms with van der Waals surface area (Å²) >= 11 is 0. The predicted octanol–water partition coefficient (Wildman–Crippen LogP) is 4.87. The standard InChI is InChI=1S/C19H24O2/c1-13(2)16-10-7-8-15(19(16)20)12-14(3)17-9-5-6-11-18(17)21-4/h5-11,13-14,20H,12H2,1-4H3. The summed E-state index contributed by atoms with van der Waals surface area (Å²) in [6.07, 6.45) is 0.798. The summed E-state index contributed by atoms with van der Waals surface area (Å²) in [6, 6.07) is 14.1. The average Bonchev–Trinajstić information content (AvgIpc) is 2.48. The monoisotopic (exact) mass is 284 g/mol. The van der Waals surface area contributed by atoms with Gasteiger partial charge in [-0.25, -0.2) is 0 Å². The van der Waals surface area contributed by atoms with E-state index >= 15 is 0 Å². The molecule has 112 valence electrons. The fourth-order valence-corrected chi connectivity index (χ4v) is 2.76. The van der Waals surface area contributed by atoms with Crippen molar-refractivity contribution < 1.29 is 9.84 Å². The number of hydrogen-bond donors (Lipinski definition) is 1. The Labute approximate surface area is 127 Å². The summed E-state index contributed by atoms with van der Waals surface area (Å²) in [5, 5.41) is 10.5. The van der Waals surface area contributed by atoms with Gasteiger partial charge < -0.3 is 9.84 Å². The van der Waals surface area contributed by atoms with E-state index in [2.05, 4.69) is 26.8 Å². The summed E-state index contributed by atoms with van der Waals surface area (Å²) in [4.78, 5) is 0. The molecule has 0 aromatic heterocycles. The number of hydrogen-bond acceptors (Lipinski definition) is 2. The van der Waals surface area contributed by atoms with E-state index in [1.165, 1.54) is 5.56 Å². The van der Waals surface area contributed by atoms with Gasteiger partial charge in [0, 0.05) is 0 Å². The van der Waals surface area contributed by atoms with Gasteiger partial charge in [-0.2, -0.15) is 0 Å². The Hall–Kier alpha value is -1.96. The second-order valence-electron chi connectivity index (χ2n) is 5.86. The molecular formula is C19H24O2. The molecule has 2 rings (SSSR count). The van der Waals surface area contributed by atoms with Crippen LogP contribution in [0, 0.1) is 0 Å². The summed E-state index contributed by atoms with van der Waals surface area (Å²) in [6.45, 7) is 6.37. The number of benzene rings is 2. The molecule has 0 fully saturated rings. The Kier molecular flexibility index (Phi) is 4.89. The largest absolute Gasteiger partial charge is 0.507 e. The van der Waals surface area contributed by atoms with Crippen LogP contribution in [0.3, 0.4) is 0 Å². The lowest BCUT2D eigenvalue weighted by atomic mass is 9.90. The highest BCUT2D eigenvalue weighted by molar-refractivity contribution is 5.44. The van der Waals surface area contributed by atoms with E-state index in [9.17, 15) is 5.11 Å². The highest BCUT2D eigenvalue weighted by atomic mass is 16.5. The molecule has 21 heavy (non-hydrogen) atoms. The van der Waals surface area contributed by atoms with Crippen molar-refractivity contribution in [3.8, 4) is 11.5 Å². The molecule has 0 aliphatic rings. The van der Waals surface area contributed by atoms with Gasteiger partial charge in [0.15, 0.2) is 0 Å². The number of methoxy groups -OCH3 is 1. The number of para-hydroxylation sites is 2. The summed E-state index contributed by atoms with van der Waals surface area (Å²) in [5.41, 5.74) is 3.19. The van der Waals surface area contributed by atoms with Crippen LogP contribution in [0.15, 0.2) is 42.5 Å². The van der Waals surface area contributed by atoms with Crippen LogP contribution in [-0.4, -0.2) is 12.2 Å². The maximum atomic E-state index is 10.5. The second-order valence-corrected chi connectivity index (χ2v) is 5.86. The highest BCUT2D eigenvalue weighted by Gasteiger charge is 2.16. The van der Waals surface area contributed by atoms with Gasteiger partial charge in [-0.15, -0.1) is 0 Å². The average molecular weight is 284 g/mol. The Morgan fingerprint density at radius 2 is 1.62 bits per heavy atom. The first-order valence-electron chi connectivity index (χ1n) is 7.48. The lowest BCUT2D eigenvalue weighted by molar-refractivity contribution is 0.405. The van der Waals surface area contributed by atoms with Gasteiger partial charge in [-0.3, -0.25) is 0 Å². The van der Waals surface area contributed by atoms with Gasteiger partial charge in [0.05, 0.1) is 7.11 Å². The first kappa shape index (κ1) is 15.4. The Balaban J connectivity index is 2.28. The molecule has 0 heterocycles. The normalized spacial score (nSPS) is 12.4. The molecule has 2 nitrogen and oxygen atoms in total. The molecule has 2 aromatic rings. The topological polar surface area (TPSA) is 29.5 Å².